The van der Waals surface area contributed by atoms with Gasteiger partial charge in [-0.2, -0.15) is 0 Å². The number of halogens is 2. The third kappa shape index (κ3) is 3.06. The summed E-state index contributed by atoms with van der Waals surface area (Å²) in [7, 11) is 0. The average Bonchev–Trinajstić information content (AvgIpc) is 2.34. The number of benzene rings is 2. The molecule has 19 heavy (non-hydrogen) atoms. The summed E-state index contributed by atoms with van der Waals surface area (Å²) in [5.74, 6) is -0.837. The highest BCUT2D eigenvalue weighted by Gasteiger charge is 2.09. The molecule has 3 N–H and O–H groups in total. The van der Waals surface area contributed by atoms with Crippen molar-refractivity contribution in [3.63, 3.8) is 0 Å². The first-order chi connectivity index (χ1) is 8.97. The summed E-state index contributed by atoms with van der Waals surface area (Å²) >= 11 is 4.86. The molecule has 0 bridgehead atoms. The van der Waals surface area contributed by atoms with Crippen molar-refractivity contribution >= 4 is 28.6 Å². The van der Waals surface area contributed by atoms with Crippen LogP contribution >= 0.6 is 12.2 Å². The number of thiocarbonyl (C=S) groups is 1. The molecule has 2 aromatic rings. The molecule has 0 unspecified atom stereocenters. The van der Waals surface area contributed by atoms with E-state index in [0.29, 0.717) is 11.3 Å². The van der Waals surface area contributed by atoms with Crippen LogP contribution in [0.25, 0.3) is 0 Å². The van der Waals surface area contributed by atoms with Gasteiger partial charge < -0.3 is 11.1 Å². The molecule has 0 amide bonds. The molecule has 0 aliphatic carbocycles. The highest BCUT2D eigenvalue weighted by molar-refractivity contribution is 7.80. The standard InChI is InChI=1S/C14H12F2N2S/c1-8-2-4-13(11(16)6-8)18-12-5-3-9(15)7-10(12)14(17)19/h2-7,18H,1H3,(H2,17,19). The van der Waals surface area contributed by atoms with Crippen LogP contribution in [0.15, 0.2) is 36.4 Å². The second kappa shape index (κ2) is 5.32. The van der Waals surface area contributed by atoms with E-state index in [-0.39, 0.29) is 10.7 Å². The summed E-state index contributed by atoms with van der Waals surface area (Å²) < 4.78 is 26.9. The third-order valence-corrected chi connectivity index (χ3v) is 2.86. The van der Waals surface area contributed by atoms with Crippen LogP contribution in [-0.2, 0) is 0 Å². The predicted octanol–water partition coefficient (Wildman–Crippen LogP) is 3.65. The first-order valence-electron chi connectivity index (χ1n) is 5.60. The van der Waals surface area contributed by atoms with Crippen LogP contribution in [0.3, 0.4) is 0 Å². The van der Waals surface area contributed by atoms with E-state index < -0.39 is 11.6 Å². The van der Waals surface area contributed by atoms with Crippen molar-refractivity contribution < 1.29 is 8.78 Å². The fourth-order valence-electron chi connectivity index (χ4n) is 1.70. The molecule has 2 rings (SSSR count). The smallest absolute Gasteiger partial charge is 0.146 e. The molecule has 98 valence electrons. The van der Waals surface area contributed by atoms with Gasteiger partial charge in [-0.15, -0.1) is 0 Å². The molecule has 0 fully saturated rings. The minimum atomic E-state index is -0.447. The maximum atomic E-state index is 13.7. The van der Waals surface area contributed by atoms with Gasteiger partial charge in [-0.05, 0) is 42.8 Å². The van der Waals surface area contributed by atoms with E-state index in [2.05, 4.69) is 5.32 Å². The molecular weight excluding hydrogens is 266 g/mol. The lowest BCUT2D eigenvalue weighted by Crippen LogP contribution is -2.12. The van der Waals surface area contributed by atoms with Gasteiger partial charge in [0.1, 0.15) is 16.6 Å². The Labute approximate surface area is 115 Å². The van der Waals surface area contributed by atoms with Gasteiger partial charge in [0, 0.05) is 11.3 Å². The monoisotopic (exact) mass is 278 g/mol. The maximum Gasteiger partial charge on any atom is 0.146 e. The quantitative estimate of drug-likeness (QED) is 0.842. The summed E-state index contributed by atoms with van der Waals surface area (Å²) in [5, 5.41) is 2.87. The predicted molar refractivity (Wildman–Crippen MR) is 76.7 cm³/mol. The first kappa shape index (κ1) is 13.4. The zero-order chi connectivity index (χ0) is 14.0. The van der Waals surface area contributed by atoms with Gasteiger partial charge >= 0.3 is 0 Å². The summed E-state index contributed by atoms with van der Waals surface area (Å²) in [4.78, 5) is 0.0505. The highest BCUT2D eigenvalue weighted by atomic mass is 32.1. The van der Waals surface area contributed by atoms with Crippen LogP contribution in [0.2, 0.25) is 0 Å². The Morgan fingerprint density at radius 1 is 1.11 bits per heavy atom. The van der Waals surface area contributed by atoms with E-state index in [0.717, 1.165) is 5.56 Å². The fourth-order valence-corrected chi connectivity index (χ4v) is 1.86. The Kier molecular flexibility index (Phi) is 3.76. The summed E-state index contributed by atoms with van der Waals surface area (Å²) in [6, 6.07) is 8.75. The Balaban J connectivity index is 2.40. The van der Waals surface area contributed by atoms with Crippen molar-refractivity contribution in [2.24, 2.45) is 5.73 Å². The Morgan fingerprint density at radius 2 is 1.79 bits per heavy atom. The molecule has 0 saturated heterocycles. The Bertz CT molecular complexity index is 641. The Morgan fingerprint density at radius 3 is 2.42 bits per heavy atom. The van der Waals surface area contributed by atoms with Gasteiger partial charge in [-0.3, -0.25) is 0 Å². The molecule has 0 aliphatic rings. The van der Waals surface area contributed by atoms with Crippen LogP contribution in [-0.4, -0.2) is 4.99 Å². The van der Waals surface area contributed by atoms with E-state index in [4.69, 9.17) is 18.0 Å². The van der Waals surface area contributed by atoms with Crippen LogP contribution in [0.5, 0.6) is 0 Å². The lowest BCUT2D eigenvalue weighted by atomic mass is 10.1. The molecule has 0 aromatic heterocycles. The number of anilines is 2. The number of nitrogens with one attached hydrogen (secondary N) is 1. The highest BCUT2D eigenvalue weighted by Crippen LogP contribution is 2.24. The molecular formula is C14H12F2N2S. The molecule has 0 radical (unpaired) electrons. The summed E-state index contributed by atoms with van der Waals surface area (Å²) in [5.41, 5.74) is 7.45. The van der Waals surface area contributed by atoms with E-state index in [1.807, 2.05) is 0 Å². The molecule has 0 saturated carbocycles. The summed E-state index contributed by atoms with van der Waals surface area (Å²) in [6.07, 6.45) is 0. The number of rotatable bonds is 3. The zero-order valence-electron chi connectivity index (χ0n) is 10.2. The fraction of sp³-hybridized carbons (Fsp3) is 0.0714. The Hall–Kier alpha value is -2.01. The van der Waals surface area contributed by atoms with Crippen molar-refractivity contribution in [2.45, 2.75) is 6.92 Å². The van der Waals surface area contributed by atoms with Crippen LogP contribution in [0.1, 0.15) is 11.1 Å². The van der Waals surface area contributed by atoms with Crippen molar-refractivity contribution in [3.8, 4) is 0 Å². The molecule has 2 nitrogen and oxygen atoms in total. The number of hydrogen-bond donors (Lipinski definition) is 2. The molecule has 0 spiro atoms. The summed E-state index contributed by atoms with van der Waals surface area (Å²) in [6.45, 7) is 1.80. The van der Waals surface area contributed by atoms with Gasteiger partial charge in [0.25, 0.3) is 0 Å². The average molecular weight is 278 g/mol. The SMILES string of the molecule is Cc1ccc(Nc2ccc(F)cc2C(N)=S)c(F)c1. The molecule has 0 aliphatic heterocycles. The van der Waals surface area contributed by atoms with Crippen molar-refractivity contribution in [2.75, 3.05) is 5.32 Å². The molecule has 5 heteroatoms. The lowest BCUT2D eigenvalue weighted by Gasteiger charge is -2.12. The van der Waals surface area contributed by atoms with Gasteiger partial charge in [0.15, 0.2) is 0 Å². The van der Waals surface area contributed by atoms with Crippen LogP contribution < -0.4 is 11.1 Å². The second-order valence-corrected chi connectivity index (χ2v) is 4.60. The lowest BCUT2D eigenvalue weighted by molar-refractivity contribution is 0.627. The van der Waals surface area contributed by atoms with Gasteiger partial charge in [0.05, 0.1) is 5.69 Å². The van der Waals surface area contributed by atoms with Crippen LogP contribution in [0, 0.1) is 18.6 Å². The van der Waals surface area contributed by atoms with E-state index >= 15 is 0 Å². The molecule has 0 heterocycles. The largest absolute Gasteiger partial charge is 0.389 e. The van der Waals surface area contributed by atoms with Crippen molar-refractivity contribution in [1.29, 1.82) is 0 Å². The third-order valence-electron chi connectivity index (χ3n) is 2.64. The van der Waals surface area contributed by atoms with Crippen LogP contribution in [0.4, 0.5) is 20.2 Å². The topological polar surface area (TPSA) is 38.0 Å². The van der Waals surface area contributed by atoms with Gasteiger partial charge in [-0.25, -0.2) is 8.78 Å². The van der Waals surface area contributed by atoms with E-state index in [9.17, 15) is 8.78 Å². The normalized spacial score (nSPS) is 10.3. The number of hydrogen-bond acceptors (Lipinski definition) is 2. The molecule has 2 aromatic carbocycles. The second-order valence-electron chi connectivity index (χ2n) is 4.16. The zero-order valence-corrected chi connectivity index (χ0v) is 11.0. The minimum absolute atomic E-state index is 0.0505. The van der Waals surface area contributed by atoms with E-state index in [1.165, 1.54) is 24.3 Å². The number of aryl methyl sites for hydroxylation is 1. The molecule has 0 atom stereocenters. The van der Waals surface area contributed by atoms with Crippen molar-refractivity contribution in [3.05, 3.63) is 59.2 Å². The van der Waals surface area contributed by atoms with Gasteiger partial charge in [0.2, 0.25) is 0 Å². The minimum Gasteiger partial charge on any atom is -0.389 e. The van der Waals surface area contributed by atoms with Gasteiger partial charge in [-0.1, -0.05) is 18.3 Å². The van der Waals surface area contributed by atoms with Crippen molar-refractivity contribution in [1.82, 2.24) is 0 Å². The van der Waals surface area contributed by atoms with E-state index in [1.54, 1.807) is 19.1 Å². The first-order valence-corrected chi connectivity index (χ1v) is 6.01. The maximum absolute atomic E-state index is 13.7. The number of nitrogens with two attached hydrogens (primary N) is 1.